The molecular formula is C17H27N3O2. The number of likely N-dealkylation sites (tertiary alicyclic amines) is 1. The maximum Gasteiger partial charge on any atom is 0.224 e. The van der Waals surface area contributed by atoms with Gasteiger partial charge in [0, 0.05) is 18.5 Å². The number of ether oxygens (including phenoxy) is 1. The first-order valence-corrected chi connectivity index (χ1v) is 8.07. The van der Waals surface area contributed by atoms with Crippen molar-refractivity contribution < 1.29 is 9.53 Å². The molecule has 22 heavy (non-hydrogen) atoms. The number of amides is 1. The summed E-state index contributed by atoms with van der Waals surface area (Å²) in [5.74, 6) is 0.705. The second-order valence-electron chi connectivity index (χ2n) is 5.99. The zero-order valence-electron chi connectivity index (χ0n) is 13.6. The molecule has 0 radical (unpaired) electrons. The van der Waals surface area contributed by atoms with E-state index >= 15 is 0 Å². The van der Waals surface area contributed by atoms with Crippen LogP contribution >= 0.6 is 0 Å². The van der Waals surface area contributed by atoms with Crippen molar-refractivity contribution in [2.45, 2.75) is 45.1 Å². The molecule has 1 saturated heterocycles. The second kappa shape index (κ2) is 8.03. The maximum atomic E-state index is 12.0. The molecule has 122 valence electrons. The second-order valence-corrected chi connectivity index (χ2v) is 5.99. The number of nitrogens with zero attached hydrogens (tertiary/aromatic N) is 1. The summed E-state index contributed by atoms with van der Waals surface area (Å²) in [6.07, 6.45) is 5.28. The minimum atomic E-state index is 0.0153. The summed E-state index contributed by atoms with van der Waals surface area (Å²) in [5.41, 5.74) is 7.08. The fourth-order valence-corrected chi connectivity index (χ4v) is 2.93. The molecule has 1 heterocycles. The molecule has 2 rings (SSSR count). The van der Waals surface area contributed by atoms with Crippen LogP contribution in [0.3, 0.4) is 0 Å². The van der Waals surface area contributed by atoms with Crippen LogP contribution in [-0.2, 0) is 4.79 Å². The lowest BCUT2D eigenvalue weighted by atomic mass is 10.0. The van der Waals surface area contributed by atoms with Gasteiger partial charge in [0.25, 0.3) is 0 Å². The van der Waals surface area contributed by atoms with Crippen molar-refractivity contribution in [2.24, 2.45) is 0 Å². The highest BCUT2D eigenvalue weighted by molar-refractivity contribution is 5.93. The van der Waals surface area contributed by atoms with Gasteiger partial charge in [-0.15, -0.1) is 0 Å². The number of nitrogen functional groups attached to an aromatic ring is 1. The number of carbonyl (C=O) groups excluding carboxylic acids is 1. The van der Waals surface area contributed by atoms with E-state index in [1.54, 1.807) is 25.3 Å². The van der Waals surface area contributed by atoms with E-state index in [9.17, 15) is 4.79 Å². The molecule has 0 saturated carbocycles. The third-order valence-electron chi connectivity index (χ3n) is 4.32. The Morgan fingerprint density at radius 1 is 1.45 bits per heavy atom. The van der Waals surface area contributed by atoms with Crippen LogP contribution in [0.25, 0.3) is 0 Å². The van der Waals surface area contributed by atoms with E-state index in [0.29, 0.717) is 29.6 Å². The Balaban J connectivity index is 1.76. The molecule has 0 spiro atoms. The van der Waals surface area contributed by atoms with Gasteiger partial charge in [-0.1, -0.05) is 6.42 Å². The SMILES string of the molecule is COc1ccc(NC(=O)CCCN2CCCCC2C)c(N)c1. The highest BCUT2D eigenvalue weighted by Gasteiger charge is 2.17. The summed E-state index contributed by atoms with van der Waals surface area (Å²) in [6, 6.07) is 5.93. The molecule has 3 N–H and O–H groups in total. The van der Waals surface area contributed by atoms with Gasteiger partial charge in [0.15, 0.2) is 0 Å². The Morgan fingerprint density at radius 2 is 2.27 bits per heavy atom. The van der Waals surface area contributed by atoms with Crippen LogP contribution in [0.1, 0.15) is 39.0 Å². The maximum absolute atomic E-state index is 12.0. The molecule has 1 fully saturated rings. The van der Waals surface area contributed by atoms with Crippen LogP contribution < -0.4 is 15.8 Å². The summed E-state index contributed by atoms with van der Waals surface area (Å²) >= 11 is 0. The van der Waals surface area contributed by atoms with Crippen molar-refractivity contribution in [3.8, 4) is 5.75 Å². The number of piperidine rings is 1. The Morgan fingerprint density at radius 3 is 2.95 bits per heavy atom. The Bertz CT molecular complexity index is 505. The van der Waals surface area contributed by atoms with Gasteiger partial charge < -0.3 is 20.7 Å². The van der Waals surface area contributed by atoms with Gasteiger partial charge in [-0.05, 0) is 51.4 Å². The van der Waals surface area contributed by atoms with E-state index in [1.807, 2.05) is 0 Å². The van der Waals surface area contributed by atoms with Gasteiger partial charge in [-0.25, -0.2) is 0 Å². The molecule has 0 aromatic heterocycles. The van der Waals surface area contributed by atoms with Crippen molar-refractivity contribution in [1.82, 2.24) is 4.90 Å². The molecule has 1 atom stereocenters. The number of benzene rings is 1. The summed E-state index contributed by atoms with van der Waals surface area (Å²) in [4.78, 5) is 14.5. The van der Waals surface area contributed by atoms with Gasteiger partial charge in [-0.2, -0.15) is 0 Å². The standard InChI is InChI=1S/C17H27N3O2/c1-13-6-3-4-10-20(13)11-5-7-17(21)19-16-9-8-14(22-2)12-15(16)18/h8-9,12-13H,3-7,10-11,18H2,1-2H3,(H,19,21). The normalized spacial score (nSPS) is 18.9. The number of nitrogens with two attached hydrogens (primary N) is 1. The third-order valence-corrected chi connectivity index (χ3v) is 4.32. The van der Waals surface area contributed by atoms with Crippen LogP contribution in [0.15, 0.2) is 18.2 Å². The zero-order chi connectivity index (χ0) is 15.9. The Kier molecular flexibility index (Phi) is 6.07. The van der Waals surface area contributed by atoms with E-state index in [0.717, 1.165) is 19.5 Å². The van der Waals surface area contributed by atoms with Crippen molar-refractivity contribution in [1.29, 1.82) is 0 Å². The average molecular weight is 305 g/mol. The highest BCUT2D eigenvalue weighted by atomic mass is 16.5. The number of hydrogen-bond donors (Lipinski definition) is 2. The Hall–Kier alpha value is -1.75. The molecule has 1 amide bonds. The van der Waals surface area contributed by atoms with Gasteiger partial charge in [0.2, 0.25) is 5.91 Å². The van der Waals surface area contributed by atoms with Crippen molar-refractivity contribution in [3.05, 3.63) is 18.2 Å². The molecule has 1 aliphatic heterocycles. The number of carbonyl (C=O) groups is 1. The van der Waals surface area contributed by atoms with Gasteiger partial charge in [0.1, 0.15) is 5.75 Å². The fourth-order valence-electron chi connectivity index (χ4n) is 2.93. The predicted octanol–water partition coefficient (Wildman–Crippen LogP) is 2.87. The van der Waals surface area contributed by atoms with Crippen LogP contribution in [0.2, 0.25) is 0 Å². The minimum absolute atomic E-state index is 0.0153. The highest BCUT2D eigenvalue weighted by Crippen LogP contribution is 2.24. The molecule has 5 heteroatoms. The predicted molar refractivity (Wildman–Crippen MR) is 90.2 cm³/mol. The minimum Gasteiger partial charge on any atom is -0.497 e. The summed E-state index contributed by atoms with van der Waals surface area (Å²) in [7, 11) is 1.59. The van der Waals surface area contributed by atoms with Gasteiger partial charge in [0.05, 0.1) is 18.5 Å². The molecule has 1 aliphatic rings. The van der Waals surface area contributed by atoms with Crippen LogP contribution in [0, 0.1) is 0 Å². The molecule has 1 aromatic rings. The quantitative estimate of drug-likeness (QED) is 0.793. The lowest BCUT2D eigenvalue weighted by molar-refractivity contribution is -0.116. The monoisotopic (exact) mass is 305 g/mol. The average Bonchev–Trinajstić information content (AvgIpc) is 2.51. The fraction of sp³-hybridized carbons (Fsp3) is 0.588. The van der Waals surface area contributed by atoms with Crippen LogP contribution in [0.4, 0.5) is 11.4 Å². The summed E-state index contributed by atoms with van der Waals surface area (Å²) in [6.45, 7) is 4.43. The van der Waals surface area contributed by atoms with Gasteiger partial charge in [-0.3, -0.25) is 4.79 Å². The number of methoxy groups -OCH3 is 1. The first-order chi connectivity index (χ1) is 10.6. The first kappa shape index (κ1) is 16.6. The summed E-state index contributed by atoms with van der Waals surface area (Å²) in [5, 5.41) is 2.87. The van der Waals surface area contributed by atoms with Crippen LogP contribution in [-0.4, -0.2) is 37.0 Å². The van der Waals surface area contributed by atoms with E-state index < -0.39 is 0 Å². The molecule has 1 aromatic carbocycles. The van der Waals surface area contributed by atoms with Crippen molar-refractivity contribution in [2.75, 3.05) is 31.2 Å². The van der Waals surface area contributed by atoms with E-state index in [2.05, 4.69) is 17.1 Å². The largest absolute Gasteiger partial charge is 0.497 e. The molecule has 0 aliphatic carbocycles. The summed E-state index contributed by atoms with van der Waals surface area (Å²) < 4.78 is 5.10. The number of hydrogen-bond acceptors (Lipinski definition) is 4. The number of rotatable bonds is 6. The molecule has 1 unspecified atom stereocenters. The van der Waals surface area contributed by atoms with E-state index in [4.69, 9.17) is 10.5 Å². The lowest BCUT2D eigenvalue weighted by Gasteiger charge is -2.33. The lowest BCUT2D eigenvalue weighted by Crippen LogP contribution is -2.38. The molecule has 5 nitrogen and oxygen atoms in total. The zero-order valence-corrected chi connectivity index (χ0v) is 13.6. The molecular weight excluding hydrogens is 278 g/mol. The number of anilines is 2. The van der Waals surface area contributed by atoms with E-state index in [-0.39, 0.29) is 5.91 Å². The Labute approximate surface area is 132 Å². The van der Waals surface area contributed by atoms with Crippen LogP contribution in [0.5, 0.6) is 5.75 Å². The number of nitrogens with one attached hydrogen (secondary N) is 1. The smallest absolute Gasteiger partial charge is 0.224 e. The third kappa shape index (κ3) is 4.63. The topological polar surface area (TPSA) is 67.6 Å². The van der Waals surface area contributed by atoms with Crippen molar-refractivity contribution in [3.63, 3.8) is 0 Å². The molecule has 0 bridgehead atoms. The van der Waals surface area contributed by atoms with E-state index in [1.165, 1.54) is 19.3 Å². The van der Waals surface area contributed by atoms with Gasteiger partial charge >= 0.3 is 0 Å². The van der Waals surface area contributed by atoms with Crippen molar-refractivity contribution >= 4 is 17.3 Å². The first-order valence-electron chi connectivity index (χ1n) is 8.07.